The molecule has 0 saturated heterocycles. The Kier molecular flexibility index (Phi) is 5.54. The Morgan fingerprint density at radius 3 is 1.92 bits per heavy atom. The smallest absolute Gasteiger partial charge is 0.337 e. The normalized spacial score (nSPS) is 10.1. The lowest BCUT2D eigenvalue weighted by Gasteiger charge is -2.11. The van der Waals surface area contributed by atoms with Crippen LogP contribution in [0.3, 0.4) is 0 Å². The third-order valence-electron chi connectivity index (χ3n) is 3.67. The standard InChI is InChI=1S/C19H19NO5/c1-11-5-6-12(2)16(7-11)17(21)20-15-9-13(18(22)24-3)8-14(10-15)19(23)25-4/h5-10H,1-4H3,(H,20,21). The molecule has 0 bridgehead atoms. The lowest BCUT2D eigenvalue weighted by Crippen LogP contribution is -2.15. The van der Waals surface area contributed by atoms with Crippen molar-refractivity contribution in [1.29, 1.82) is 0 Å². The molecule has 1 N–H and O–H groups in total. The molecule has 0 radical (unpaired) electrons. The topological polar surface area (TPSA) is 81.7 Å². The van der Waals surface area contributed by atoms with E-state index in [0.717, 1.165) is 11.1 Å². The van der Waals surface area contributed by atoms with Gasteiger partial charge in [-0.25, -0.2) is 9.59 Å². The molecule has 6 nitrogen and oxygen atoms in total. The van der Waals surface area contributed by atoms with E-state index in [1.54, 1.807) is 6.07 Å². The van der Waals surface area contributed by atoms with Crippen LogP contribution in [-0.2, 0) is 9.47 Å². The monoisotopic (exact) mass is 341 g/mol. The van der Waals surface area contributed by atoms with Gasteiger partial charge in [-0.1, -0.05) is 17.7 Å². The minimum Gasteiger partial charge on any atom is -0.465 e. The summed E-state index contributed by atoms with van der Waals surface area (Å²) in [5, 5.41) is 2.71. The number of amides is 1. The van der Waals surface area contributed by atoms with Crippen LogP contribution in [-0.4, -0.2) is 32.1 Å². The highest BCUT2D eigenvalue weighted by atomic mass is 16.5. The fraction of sp³-hybridized carbons (Fsp3) is 0.211. The van der Waals surface area contributed by atoms with Crippen LogP contribution in [0.5, 0.6) is 0 Å². The summed E-state index contributed by atoms with van der Waals surface area (Å²) in [4.78, 5) is 36.1. The number of ether oxygens (including phenoxy) is 2. The van der Waals surface area contributed by atoms with Gasteiger partial charge >= 0.3 is 11.9 Å². The van der Waals surface area contributed by atoms with Crippen molar-refractivity contribution in [2.75, 3.05) is 19.5 Å². The Hall–Kier alpha value is -3.15. The minimum atomic E-state index is -0.618. The number of anilines is 1. The average Bonchev–Trinajstić information content (AvgIpc) is 2.61. The Bertz CT molecular complexity index is 807. The maximum atomic E-state index is 12.5. The van der Waals surface area contributed by atoms with E-state index >= 15 is 0 Å². The van der Waals surface area contributed by atoms with Gasteiger partial charge in [0.2, 0.25) is 0 Å². The molecule has 2 aromatic rings. The van der Waals surface area contributed by atoms with Gasteiger partial charge in [0.25, 0.3) is 5.91 Å². The second-order valence-corrected chi connectivity index (χ2v) is 5.55. The molecule has 0 heterocycles. The molecule has 0 aliphatic carbocycles. The van der Waals surface area contributed by atoms with E-state index in [1.165, 1.54) is 32.4 Å². The van der Waals surface area contributed by atoms with Crippen LogP contribution in [0.15, 0.2) is 36.4 Å². The van der Waals surface area contributed by atoms with Crippen LogP contribution in [0, 0.1) is 13.8 Å². The molecular weight excluding hydrogens is 322 g/mol. The second kappa shape index (κ2) is 7.61. The van der Waals surface area contributed by atoms with Gasteiger partial charge in [0, 0.05) is 11.3 Å². The van der Waals surface area contributed by atoms with Crippen molar-refractivity contribution in [1.82, 2.24) is 0 Å². The van der Waals surface area contributed by atoms with E-state index in [9.17, 15) is 14.4 Å². The maximum absolute atomic E-state index is 12.5. The Morgan fingerprint density at radius 1 is 0.840 bits per heavy atom. The summed E-state index contributed by atoms with van der Waals surface area (Å²) in [7, 11) is 2.48. The fourth-order valence-electron chi connectivity index (χ4n) is 2.35. The predicted molar refractivity (Wildman–Crippen MR) is 93.0 cm³/mol. The van der Waals surface area contributed by atoms with E-state index in [0.29, 0.717) is 11.3 Å². The van der Waals surface area contributed by atoms with Crippen molar-refractivity contribution in [2.24, 2.45) is 0 Å². The van der Waals surface area contributed by atoms with Crippen LogP contribution in [0.2, 0.25) is 0 Å². The van der Waals surface area contributed by atoms with Gasteiger partial charge in [-0.15, -0.1) is 0 Å². The van der Waals surface area contributed by atoms with Gasteiger partial charge in [-0.3, -0.25) is 4.79 Å². The number of hydrogen-bond donors (Lipinski definition) is 1. The van der Waals surface area contributed by atoms with Gasteiger partial charge in [0.1, 0.15) is 0 Å². The zero-order valence-corrected chi connectivity index (χ0v) is 14.5. The molecular formula is C19H19NO5. The molecule has 0 saturated carbocycles. The number of carbonyl (C=O) groups is 3. The molecule has 2 aromatic carbocycles. The highest BCUT2D eigenvalue weighted by molar-refractivity contribution is 6.07. The van der Waals surface area contributed by atoms with Crippen LogP contribution in [0.25, 0.3) is 0 Å². The predicted octanol–water partition coefficient (Wildman–Crippen LogP) is 3.13. The molecule has 0 aromatic heterocycles. The van der Waals surface area contributed by atoms with Crippen molar-refractivity contribution in [2.45, 2.75) is 13.8 Å². The molecule has 2 rings (SSSR count). The summed E-state index contributed by atoms with van der Waals surface area (Å²) in [5.74, 6) is -1.57. The number of methoxy groups -OCH3 is 2. The lowest BCUT2D eigenvalue weighted by atomic mass is 10.0. The van der Waals surface area contributed by atoms with Crippen molar-refractivity contribution >= 4 is 23.5 Å². The number of rotatable bonds is 4. The maximum Gasteiger partial charge on any atom is 0.337 e. The number of esters is 2. The Morgan fingerprint density at radius 2 is 1.40 bits per heavy atom. The Labute approximate surface area is 145 Å². The van der Waals surface area contributed by atoms with E-state index in [-0.39, 0.29) is 17.0 Å². The highest BCUT2D eigenvalue weighted by Crippen LogP contribution is 2.19. The largest absolute Gasteiger partial charge is 0.465 e. The van der Waals surface area contributed by atoms with Gasteiger partial charge in [0.05, 0.1) is 25.3 Å². The molecule has 0 atom stereocenters. The first-order chi connectivity index (χ1) is 11.8. The fourth-order valence-corrected chi connectivity index (χ4v) is 2.35. The summed E-state index contributed by atoms with van der Waals surface area (Å²) in [6.07, 6.45) is 0. The van der Waals surface area contributed by atoms with Crippen molar-refractivity contribution < 1.29 is 23.9 Å². The van der Waals surface area contributed by atoms with Crippen LogP contribution < -0.4 is 5.32 Å². The van der Waals surface area contributed by atoms with Crippen LogP contribution in [0.1, 0.15) is 42.2 Å². The first-order valence-corrected chi connectivity index (χ1v) is 7.56. The van der Waals surface area contributed by atoms with Crippen LogP contribution >= 0.6 is 0 Å². The summed E-state index contributed by atoms with van der Waals surface area (Å²) < 4.78 is 9.36. The number of nitrogens with one attached hydrogen (secondary N) is 1. The number of benzene rings is 2. The van der Waals surface area contributed by atoms with Gasteiger partial charge in [-0.2, -0.15) is 0 Å². The third kappa shape index (κ3) is 4.23. The average molecular weight is 341 g/mol. The molecule has 0 aliphatic heterocycles. The molecule has 25 heavy (non-hydrogen) atoms. The molecule has 6 heteroatoms. The van der Waals surface area contributed by atoms with Gasteiger partial charge in [0.15, 0.2) is 0 Å². The number of hydrogen-bond acceptors (Lipinski definition) is 5. The van der Waals surface area contributed by atoms with Crippen molar-refractivity contribution in [3.8, 4) is 0 Å². The van der Waals surface area contributed by atoms with Gasteiger partial charge in [-0.05, 0) is 43.7 Å². The molecule has 0 fully saturated rings. The number of carbonyl (C=O) groups excluding carboxylic acids is 3. The van der Waals surface area contributed by atoms with Crippen molar-refractivity contribution in [3.63, 3.8) is 0 Å². The van der Waals surface area contributed by atoms with E-state index in [4.69, 9.17) is 0 Å². The number of aryl methyl sites for hydroxylation is 2. The summed E-state index contributed by atoms with van der Waals surface area (Å²) in [5.41, 5.74) is 2.87. The summed E-state index contributed by atoms with van der Waals surface area (Å²) in [6.45, 7) is 3.72. The summed E-state index contributed by atoms with van der Waals surface area (Å²) in [6, 6.07) is 9.79. The van der Waals surface area contributed by atoms with Gasteiger partial charge < -0.3 is 14.8 Å². The second-order valence-electron chi connectivity index (χ2n) is 5.55. The molecule has 0 aliphatic rings. The molecule has 0 unspecified atom stereocenters. The Balaban J connectivity index is 2.40. The van der Waals surface area contributed by atoms with Crippen molar-refractivity contribution in [3.05, 3.63) is 64.2 Å². The third-order valence-corrected chi connectivity index (χ3v) is 3.67. The first-order valence-electron chi connectivity index (χ1n) is 7.56. The summed E-state index contributed by atoms with van der Waals surface area (Å²) >= 11 is 0. The van der Waals surface area contributed by atoms with E-state index in [2.05, 4.69) is 14.8 Å². The molecule has 0 spiro atoms. The zero-order valence-electron chi connectivity index (χ0n) is 14.5. The van der Waals surface area contributed by atoms with E-state index < -0.39 is 11.9 Å². The zero-order chi connectivity index (χ0) is 18.6. The first kappa shape index (κ1) is 18.2. The minimum absolute atomic E-state index is 0.140. The quantitative estimate of drug-likeness (QED) is 0.864. The SMILES string of the molecule is COC(=O)c1cc(NC(=O)c2cc(C)ccc2C)cc(C(=O)OC)c1. The highest BCUT2D eigenvalue weighted by Gasteiger charge is 2.16. The molecule has 1 amide bonds. The van der Waals surface area contributed by atoms with E-state index in [1.807, 2.05) is 26.0 Å². The lowest BCUT2D eigenvalue weighted by molar-refractivity contribution is 0.0599. The van der Waals surface area contributed by atoms with Crippen LogP contribution in [0.4, 0.5) is 5.69 Å². The molecule has 130 valence electrons.